The molecule has 1 aromatic carbocycles. The summed E-state index contributed by atoms with van der Waals surface area (Å²) >= 11 is 1.38. The third kappa shape index (κ3) is 5.49. The Morgan fingerprint density at radius 2 is 1.92 bits per heavy atom. The molecular formula is C25H26N8O3S. The van der Waals surface area contributed by atoms with Gasteiger partial charge in [-0.25, -0.2) is 24.5 Å². The van der Waals surface area contributed by atoms with Crippen molar-refractivity contribution >= 4 is 44.7 Å². The van der Waals surface area contributed by atoms with Crippen LogP contribution in [-0.2, 0) is 0 Å². The van der Waals surface area contributed by atoms with E-state index >= 15 is 0 Å². The Kier molecular flexibility index (Phi) is 6.93. The summed E-state index contributed by atoms with van der Waals surface area (Å²) in [7, 11) is 0. The van der Waals surface area contributed by atoms with Crippen LogP contribution in [0.3, 0.4) is 0 Å². The molecule has 3 aromatic heterocycles. The van der Waals surface area contributed by atoms with Gasteiger partial charge in [-0.05, 0) is 49.6 Å². The lowest BCUT2D eigenvalue weighted by atomic mass is 10.0. The second kappa shape index (κ2) is 10.4. The molecule has 1 atom stereocenters. The molecule has 1 saturated heterocycles. The number of β-amino-alcohol motifs (C(OH)–C–C–N with tert-alkyl or cyclic N) is 1. The maximum absolute atomic E-state index is 12.4. The zero-order chi connectivity index (χ0) is 25.9. The van der Waals surface area contributed by atoms with Gasteiger partial charge in [0.1, 0.15) is 0 Å². The van der Waals surface area contributed by atoms with Gasteiger partial charge in [0.25, 0.3) is 0 Å². The number of aliphatic hydroxyl groups is 1. The smallest absolute Gasteiger partial charge is 0.324 e. The van der Waals surface area contributed by atoms with Crippen molar-refractivity contribution in [3.05, 3.63) is 48.4 Å². The largest absolute Gasteiger partial charge is 0.391 e. The SMILES string of the molecule is CCNC(=O)Nc1nc2cc(-c3cnc(NC(=O)N4CCC(O)C4)nc3)cc(-c3ccc(C)cn3)c2s1. The van der Waals surface area contributed by atoms with E-state index in [-0.39, 0.29) is 18.0 Å². The van der Waals surface area contributed by atoms with Crippen molar-refractivity contribution in [3.8, 4) is 22.4 Å². The normalized spacial score (nSPS) is 15.1. The standard InChI is InChI=1S/C25H26N8O3S/c1-3-26-23(35)32-24-30-20-9-15(8-18(21(20)37-24)19-5-4-14(2)10-27-19)16-11-28-22(29-12-16)31-25(36)33-7-6-17(34)13-33/h4-5,8-12,17,34H,3,6-7,13H2,1-2H3,(H2,26,30,32,35)(H,28,29,31,36). The van der Waals surface area contributed by atoms with Crippen LogP contribution in [0.2, 0.25) is 0 Å². The molecule has 0 saturated carbocycles. The highest BCUT2D eigenvalue weighted by molar-refractivity contribution is 7.22. The van der Waals surface area contributed by atoms with Gasteiger partial charge in [0.2, 0.25) is 5.95 Å². The maximum Gasteiger partial charge on any atom is 0.324 e. The number of anilines is 2. The summed E-state index contributed by atoms with van der Waals surface area (Å²) in [5.74, 6) is 0.179. The number of hydrogen-bond donors (Lipinski definition) is 4. The van der Waals surface area contributed by atoms with Crippen molar-refractivity contribution in [1.82, 2.24) is 30.2 Å². The van der Waals surface area contributed by atoms with E-state index in [9.17, 15) is 14.7 Å². The fraction of sp³-hybridized carbons (Fsp3) is 0.280. The molecule has 11 nitrogen and oxygen atoms in total. The Balaban J connectivity index is 1.46. The number of thiazole rings is 1. The van der Waals surface area contributed by atoms with Crippen LogP contribution in [0.1, 0.15) is 18.9 Å². The number of hydrogen-bond acceptors (Lipinski definition) is 8. The summed E-state index contributed by atoms with van der Waals surface area (Å²) in [6, 6.07) is 7.20. The number of nitrogens with one attached hydrogen (secondary N) is 3. The van der Waals surface area contributed by atoms with Crippen molar-refractivity contribution in [1.29, 1.82) is 0 Å². The zero-order valence-corrected chi connectivity index (χ0v) is 21.2. The number of aliphatic hydroxyl groups excluding tert-OH is 1. The topological polar surface area (TPSA) is 145 Å². The van der Waals surface area contributed by atoms with Gasteiger partial charge >= 0.3 is 12.1 Å². The average molecular weight is 519 g/mol. The molecule has 5 rings (SSSR count). The van der Waals surface area contributed by atoms with Crippen molar-refractivity contribution in [2.24, 2.45) is 0 Å². The summed E-state index contributed by atoms with van der Waals surface area (Å²) in [6.45, 7) is 5.13. The summed E-state index contributed by atoms with van der Waals surface area (Å²) < 4.78 is 0.893. The minimum Gasteiger partial charge on any atom is -0.391 e. The summed E-state index contributed by atoms with van der Waals surface area (Å²) in [5.41, 5.74) is 4.96. The molecule has 12 heteroatoms. The number of urea groups is 2. The van der Waals surface area contributed by atoms with Gasteiger partial charge in [0.15, 0.2) is 5.13 Å². The molecule has 4 amide bonds. The Labute approximate surface area is 217 Å². The van der Waals surface area contributed by atoms with Gasteiger partial charge < -0.3 is 15.3 Å². The fourth-order valence-electron chi connectivity index (χ4n) is 4.01. The molecule has 1 unspecified atom stereocenters. The lowest BCUT2D eigenvalue weighted by Crippen LogP contribution is -2.34. The number of carbonyl (C=O) groups excluding carboxylic acids is 2. The van der Waals surface area contributed by atoms with Gasteiger partial charge in [0, 0.05) is 49.4 Å². The molecular weight excluding hydrogens is 492 g/mol. The highest BCUT2D eigenvalue weighted by Gasteiger charge is 2.25. The Bertz CT molecular complexity index is 1440. The molecule has 1 fully saturated rings. The number of carbonyl (C=O) groups is 2. The second-order valence-electron chi connectivity index (χ2n) is 8.71. The van der Waals surface area contributed by atoms with E-state index in [2.05, 4.69) is 35.9 Å². The lowest BCUT2D eigenvalue weighted by Gasteiger charge is -2.15. The van der Waals surface area contributed by atoms with Crippen LogP contribution in [0.15, 0.2) is 42.9 Å². The fourth-order valence-corrected chi connectivity index (χ4v) is 4.98. The molecule has 0 radical (unpaired) electrons. The Hall–Kier alpha value is -4.16. The molecule has 4 aromatic rings. The highest BCUT2D eigenvalue weighted by atomic mass is 32.1. The minimum absolute atomic E-state index is 0.179. The number of aromatic nitrogens is 4. The van der Waals surface area contributed by atoms with Crippen LogP contribution in [0.5, 0.6) is 0 Å². The van der Waals surface area contributed by atoms with Crippen LogP contribution < -0.4 is 16.0 Å². The van der Waals surface area contributed by atoms with Crippen LogP contribution in [0, 0.1) is 6.92 Å². The minimum atomic E-state index is -0.497. The molecule has 1 aliphatic rings. The van der Waals surface area contributed by atoms with Crippen LogP contribution in [0.25, 0.3) is 32.6 Å². The van der Waals surface area contributed by atoms with E-state index in [0.29, 0.717) is 36.7 Å². The van der Waals surface area contributed by atoms with E-state index < -0.39 is 6.10 Å². The first kappa shape index (κ1) is 24.5. The Morgan fingerprint density at radius 3 is 2.59 bits per heavy atom. The van der Waals surface area contributed by atoms with Gasteiger partial charge in [-0.15, -0.1) is 0 Å². The first-order valence-corrected chi connectivity index (χ1v) is 12.7. The van der Waals surface area contributed by atoms with Gasteiger partial charge in [-0.1, -0.05) is 17.4 Å². The average Bonchev–Trinajstić information content (AvgIpc) is 3.50. The molecule has 4 heterocycles. The third-order valence-electron chi connectivity index (χ3n) is 5.89. The van der Waals surface area contributed by atoms with Gasteiger partial charge in [-0.3, -0.25) is 15.6 Å². The van der Waals surface area contributed by atoms with Crippen molar-refractivity contribution in [2.75, 3.05) is 30.3 Å². The number of fused-ring (bicyclic) bond motifs is 1. The third-order valence-corrected chi connectivity index (χ3v) is 6.91. The maximum atomic E-state index is 12.4. The van der Waals surface area contributed by atoms with Gasteiger partial charge in [0.05, 0.1) is 22.0 Å². The quantitative estimate of drug-likeness (QED) is 0.314. The summed E-state index contributed by atoms with van der Waals surface area (Å²) in [4.78, 5) is 43.8. The zero-order valence-electron chi connectivity index (χ0n) is 20.4. The second-order valence-corrected chi connectivity index (χ2v) is 9.71. The summed E-state index contributed by atoms with van der Waals surface area (Å²) in [5, 5.41) is 18.3. The molecule has 190 valence electrons. The highest BCUT2D eigenvalue weighted by Crippen LogP contribution is 2.38. The van der Waals surface area contributed by atoms with Crippen molar-refractivity contribution in [2.45, 2.75) is 26.4 Å². The number of likely N-dealkylation sites (tertiary alicyclic amines) is 1. The number of benzene rings is 1. The number of rotatable bonds is 5. The Morgan fingerprint density at radius 1 is 1.11 bits per heavy atom. The van der Waals surface area contributed by atoms with Crippen molar-refractivity contribution < 1.29 is 14.7 Å². The first-order valence-electron chi connectivity index (χ1n) is 11.9. The van der Waals surface area contributed by atoms with E-state index in [1.54, 1.807) is 12.4 Å². The van der Waals surface area contributed by atoms with Crippen LogP contribution in [-0.4, -0.2) is 67.7 Å². The lowest BCUT2D eigenvalue weighted by molar-refractivity contribution is 0.176. The molecule has 1 aliphatic heterocycles. The van der Waals surface area contributed by atoms with E-state index in [1.807, 2.05) is 44.3 Å². The number of amides is 4. The number of nitrogens with zero attached hydrogens (tertiary/aromatic N) is 5. The summed E-state index contributed by atoms with van der Waals surface area (Å²) in [6.07, 6.45) is 5.14. The van der Waals surface area contributed by atoms with E-state index in [0.717, 1.165) is 32.6 Å². The molecule has 4 N–H and O–H groups in total. The van der Waals surface area contributed by atoms with Crippen LogP contribution >= 0.6 is 11.3 Å². The molecule has 0 aliphatic carbocycles. The van der Waals surface area contributed by atoms with Crippen molar-refractivity contribution in [3.63, 3.8) is 0 Å². The van der Waals surface area contributed by atoms with Gasteiger partial charge in [-0.2, -0.15) is 0 Å². The first-order chi connectivity index (χ1) is 17.9. The monoisotopic (exact) mass is 518 g/mol. The predicted molar refractivity (Wildman–Crippen MR) is 143 cm³/mol. The number of pyridine rings is 1. The molecule has 0 bridgehead atoms. The van der Waals surface area contributed by atoms with Crippen LogP contribution in [0.4, 0.5) is 20.7 Å². The molecule has 37 heavy (non-hydrogen) atoms. The van der Waals surface area contributed by atoms with E-state index in [1.165, 1.54) is 16.2 Å². The predicted octanol–water partition coefficient (Wildman–Crippen LogP) is 3.86. The molecule has 0 spiro atoms. The number of aryl methyl sites for hydroxylation is 1. The van der Waals surface area contributed by atoms with E-state index in [4.69, 9.17) is 0 Å².